The summed E-state index contributed by atoms with van der Waals surface area (Å²) in [5.41, 5.74) is 29.9. The third kappa shape index (κ3) is 7.69. The molecule has 9 aromatic rings. The van der Waals surface area contributed by atoms with Crippen LogP contribution in [0.3, 0.4) is 0 Å². The lowest BCUT2D eigenvalue weighted by Gasteiger charge is -2.47. The van der Waals surface area contributed by atoms with Gasteiger partial charge in [0.15, 0.2) is 0 Å². The highest BCUT2D eigenvalue weighted by molar-refractivity contribution is 5.91. The molecule has 0 N–H and O–H groups in total. The van der Waals surface area contributed by atoms with Gasteiger partial charge in [0.25, 0.3) is 0 Å². The van der Waals surface area contributed by atoms with Crippen molar-refractivity contribution in [3.63, 3.8) is 0 Å². The zero-order chi connectivity index (χ0) is 49.2. The molecule has 9 aromatic carbocycles. The van der Waals surface area contributed by atoms with Gasteiger partial charge in [-0.3, -0.25) is 0 Å². The van der Waals surface area contributed by atoms with Gasteiger partial charge in [0.2, 0.25) is 0 Å². The van der Waals surface area contributed by atoms with E-state index in [0.717, 1.165) is 51.2 Å². The number of rotatable bonds is 9. The van der Waals surface area contributed by atoms with Crippen molar-refractivity contribution in [1.82, 2.24) is 0 Å². The summed E-state index contributed by atoms with van der Waals surface area (Å²) in [6.07, 6.45) is 0. The Balaban J connectivity index is 1.30. The number of fused-ring (bicyclic) bond motifs is 2. The molecule has 3 nitrogen and oxygen atoms in total. The van der Waals surface area contributed by atoms with Gasteiger partial charge in [-0.15, -0.1) is 0 Å². The number of para-hydroxylation sites is 3. The standard InChI is InChI=1S/C67H65N3/c1-42-32-59(33-43(2)50(42)9)68(60-34-44(3)51(10)45(4)35-60)57-26-20-22-54(40-57)67(63-28-16-18-30-65(63)70(56-24-14-13-15-25-56)66-31-19-17-29-64(66)67)55-23-21-27-58(41-55)69(61-36-46(5)52(11)47(6)37-61)62-38-48(7)53(12)49(8)39-62/h13-41H,1-12H3. The molecule has 70 heavy (non-hydrogen) atoms. The molecule has 10 rings (SSSR count). The Bertz CT molecular complexity index is 3070. The van der Waals surface area contributed by atoms with E-state index in [1.807, 2.05) is 0 Å². The minimum atomic E-state index is -0.766. The Morgan fingerprint density at radius 1 is 0.286 bits per heavy atom. The van der Waals surface area contributed by atoms with Crippen molar-refractivity contribution in [3.05, 3.63) is 265 Å². The molecule has 0 saturated carbocycles. The van der Waals surface area contributed by atoms with E-state index in [9.17, 15) is 0 Å². The maximum atomic E-state index is 2.48. The SMILES string of the molecule is Cc1cc(N(c2cccc(C3(c4cccc(N(c5cc(C)c(C)c(C)c5)c5cc(C)c(C)c(C)c5)c4)c4ccccc4N(c4ccccc4)c4ccccc43)c2)c2cc(C)c(C)c(C)c2)cc(C)c1C. The van der Waals surface area contributed by atoms with E-state index in [4.69, 9.17) is 0 Å². The molecule has 1 aliphatic heterocycles. The summed E-state index contributed by atoms with van der Waals surface area (Å²) in [6.45, 7) is 26.9. The monoisotopic (exact) mass is 912 g/mol. The number of benzene rings is 9. The lowest BCUT2D eigenvalue weighted by molar-refractivity contribution is 0.731. The second kappa shape index (κ2) is 18.0. The summed E-state index contributed by atoms with van der Waals surface area (Å²) in [7, 11) is 0. The van der Waals surface area contributed by atoms with Crippen LogP contribution in [0.2, 0.25) is 0 Å². The lowest BCUT2D eigenvalue weighted by Crippen LogP contribution is -2.38. The van der Waals surface area contributed by atoms with Crippen molar-refractivity contribution in [2.45, 2.75) is 88.5 Å². The van der Waals surface area contributed by atoms with Crippen molar-refractivity contribution in [1.29, 1.82) is 0 Å². The Hall–Kier alpha value is -7.62. The van der Waals surface area contributed by atoms with Crippen LogP contribution < -0.4 is 14.7 Å². The maximum absolute atomic E-state index is 2.48. The largest absolute Gasteiger partial charge is 0.310 e. The number of nitrogens with zero attached hydrogens (tertiary/aromatic N) is 3. The van der Waals surface area contributed by atoms with Gasteiger partial charge in [0.05, 0.1) is 16.8 Å². The van der Waals surface area contributed by atoms with Crippen molar-refractivity contribution in [2.24, 2.45) is 0 Å². The van der Waals surface area contributed by atoms with Gasteiger partial charge < -0.3 is 14.7 Å². The van der Waals surface area contributed by atoms with Gasteiger partial charge in [0.1, 0.15) is 0 Å². The zero-order valence-corrected chi connectivity index (χ0v) is 43.1. The van der Waals surface area contributed by atoms with Crippen LogP contribution in [0, 0.1) is 83.1 Å². The normalized spacial score (nSPS) is 12.7. The Labute approximate surface area is 417 Å². The smallest absolute Gasteiger partial charge is 0.0743 e. The van der Waals surface area contributed by atoms with Crippen LogP contribution in [0.5, 0.6) is 0 Å². The summed E-state index contributed by atoms with van der Waals surface area (Å²) >= 11 is 0. The molecular weight excluding hydrogens is 847 g/mol. The van der Waals surface area contributed by atoms with E-state index in [0.29, 0.717) is 0 Å². The van der Waals surface area contributed by atoms with Crippen molar-refractivity contribution < 1.29 is 0 Å². The van der Waals surface area contributed by atoms with Crippen molar-refractivity contribution in [3.8, 4) is 0 Å². The molecule has 0 radical (unpaired) electrons. The third-order valence-electron chi connectivity index (χ3n) is 15.9. The molecular formula is C67H65N3. The van der Waals surface area contributed by atoms with Crippen LogP contribution >= 0.6 is 0 Å². The second-order valence-electron chi connectivity index (χ2n) is 20.0. The predicted octanol–water partition coefficient (Wildman–Crippen LogP) is 18.5. The van der Waals surface area contributed by atoms with Crippen LogP contribution in [-0.2, 0) is 5.41 Å². The van der Waals surface area contributed by atoms with Crippen LogP contribution in [-0.4, -0.2) is 0 Å². The molecule has 0 saturated heterocycles. The van der Waals surface area contributed by atoms with Crippen LogP contribution in [0.4, 0.5) is 51.2 Å². The molecule has 0 fully saturated rings. The van der Waals surface area contributed by atoms with Gasteiger partial charge in [-0.1, -0.05) is 78.9 Å². The Morgan fingerprint density at radius 2 is 0.586 bits per heavy atom. The van der Waals surface area contributed by atoms with E-state index in [1.165, 1.54) is 89.0 Å². The van der Waals surface area contributed by atoms with Crippen LogP contribution in [0.15, 0.2) is 176 Å². The fourth-order valence-corrected chi connectivity index (χ4v) is 11.1. The number of aryl methyl sites for hydroxylation is 8. The summed E-state index contributed by atoms with van der Waals surface area (Å²) in [6, 6.07) is 66.8. The number of hydrogen-bond donors (Lipinski definition) is 0. The number of hydrogen-bond acceptors (Lipinski definition) is 3. The van der Waals surface area contributed by atoms with Gasteiger partial charge in [0, 0.05) is 39.8 Å². The first-order valence-electron chi connectivity index (χ1n) is 24.8. The molecule has 348 valence electrons. The van der Waals surface area contributed by atoms with E-state index in [-0.39, 0.29) is 0 Å². The van der Waals surface area contributed by atoms with E-state index in [1.54, 1.807) is 0 Å². The Morgan fingerprint density at radius 3 is 0.914 bits per heavy atom. The maximum Gasteiger partial charge on any atom is 0.0743 e. The highest BCUT2D eigenvalue weighted by Gasteiger charge is 2.47. The van der Waals surface area contributed by atoms with Crippen LogP contribution in [0.25, 0.3) is 0 Å². The van der Waals surface area contributed by atoms with Gasteiger partial charge in [-0.2, -0.15) is 0 Å². The van der Waals surface area contributed by atoms with Crippen molar-refractivity contribution >= 4 is 51.2 Å². The fraction of sp³-hybridized carbons (Fsp3) is 0.194. The van der Waals surface area contributed by atoms with E-state index >= 15 is 0 Å². The first kappa shape index (κ1) is 46.1. The first-order chi connectivity index (χ1) is 33.7. The first-order valence-corrected chi connectivity index (χ1v) is 24.8. The average molecular weight is 912 g/mol. The highest BCUT2D eigenvalue weighted by atomic mass is 15.2. The van der Waals surface area contributed by atoms with Crippen LogP contribution in [0.1, 0.15) is 89.0 Å². The molecule has 3 heteroatoms. The lowest BCUT2D eigenvalue weighted by atomic mass is 9.62. The molecule has 0 bridgehead atoms. The molecule has 0 spiro atoms. The minimum absolute atomic E-state index is 0.766. The minimum Gasteiger partial charge on any atom is -0.310 e. The summed E-state index contributed by atoms with van der Waals surface area (Å²) in [5.74, 6) is 0. The fourth-order valence-electron chi connectivity index (χ4n) is 11.1. The summed E-state index contributed by atoms with van der Waals surface area (Å²) in [5, 5.41) is 0. The van der Waals surface area contributed by atoms with Crippen molar-refractivity contribution in [2.75, 3.05) is 14.7 Å². The molecule has 0 aliphatic carbocycles. The van der Waals surface area contributed by atoms with Gasteiger partial charge in [-0.25, -0.2) is 0 Å². The predicted molar refractivity (Wildman–Crippen MR) is 299 cm³/mol. The van der Waals surface area contributed by atoms with E-state index < -0.39 is 5.41 Å². The molecule has 0 atom stereocenters. The van der Waals surface area contributed by atoms with Gasteiger partial charge >= 0.3 is 0 Å². The molecule has 0 aromatic heterocycles. The summed E-state index contributed by atoms with van der Waals surface area (Å²) < 4.78 is 0. The number of anilines is 9. The average Bonchev–Trinajstić information content (AvgIpc) is 3.35. The van der Waals surface area contributed by atoms with Gasteiger partial charge in [-0.05, 0) is 269 Å². The van der Waals surface area contributed by atoms with E-state index in [2.05, 4.69) is 274 Å². The molecule has 0 amide bonds. The molecule has 0 unspecified atom stereocenters. The quantitative estimate of drug-likeness (QED) is 0.143. The molecule has 1 heterocycles. The molecule has 1 aliphatic rings. The Kier molecular flexibility index (Phi) is 11.9. The topological polar surface area (TPSA) is 9.72 Å². The highest BCUT2D eigenvalue weighted by Crippen LogP contribution is 2.59. The second-order valence-corrected chi connectivity index (χ2v) is 20.0. The zero-order valence-electron chi connectivity index (χ0n) is 43.1. The summed E-state index contributed by atoms with van der Waals surface area (Å²) in [4.78, 5) is 7.42. The third-order valence-corrected chi connectivity index (χ3v) is 15.9.